The molecule has 0 aliphatic heterocycles. The molecule has 4 aromatic rings. The van der Waals surface area contributed by atoms with Crippen LogP contribution in [0.1, 0.15) is 16.1 Å². The van der Waals surface area contributed by atoms with Gasteiger partial charge in [0.2, 0.25) is 0 Å². The minimum absolute atomic E-state index is 0.185. The molecule has 0 atom stereocenters. The number of aromatic amines is 1. The van der Waals surface area contributed by atoms with E-state index in [-0.39, 0.29) is 5.91 Å². The molecule has 0 fully saturated rings. The number of thiophene rings is 1. The van der Waals surface area contributed by atoms with Gasteiger partial charge in [0.1, 0.15) is 16.7 Å². The number of rotatable bonds is 4. The Balaban J connectivity index is 1.45. The molecule has 0 aliphatic rings. The van der Waals surface area contributed by atoms with Crippen molar-refractivity contribution >= 4 is 40.0 Å². The maximum Gasteiger partial charge on any atom is 0.269 e. The Bertz CT molecular complexity index is 957. The zero-order valence-electron chi connectivity index (χ0n) is 11.8. The summed E-state index contributed by atoms with van der Waals surface area (Å²) in [5.41, 5.74) is 4.93. The van der Waals surface area contributed by atoms with Gasteiger partial charge in [-0.05, 0) is 35.2 Å². The minimum Gasteiger partial charge on any atom is -0.347 e. The van der Waals surface area contributed by atoms with Gasteiger partial charge in [-0.1, -0.05) is 6.07 Å². The van der Waals surface area contributed by atoms with Crippen molar-refractivity contribution in [3.05, 3.63) is 52.3 Å². The standard InChI is InChI=1S/C15H11N5OS2/c21-15(14-6-12(17-18-14)10-3-4-22-8-10)16-7-9-1-2-11-13(5-9)20-23-19-11/h1-6,8H,7H2,(H,16,21)(H,17,18). The lowest BCUT2D eigenvalue weighted by atomic mass is 10.2. The number of carbonyl (C=O) groups excluding carboxylic acids is 1. The van der Waals surface area contributed by atoms with Crippen LogP contribution in [0.5, 0.6) is 0 Å². The highest BCUT2D eigenvalue weighted by Crippen LogP contribution is 2.20. The normalized spacial score (nSPS) is 11.0. The lowest BCUT2D eigenvalue weighted by Crippen LogP contribution is -2.23. The second kappa shape index (κ2) is 5.90. The van der Waals surface area contributed by atoms with Crippen LogP contribution in [0, 0.1) is 0 Å². The zero-order chi connectivity index (χ0) is 15.6. The molecular formula is C15H11N5OS2. The highest BCUT2D eigenvalue weighted by molar-refractivity contribution is 7.08. The molecule has 0 radical (unpaired) electrons. The fourth-order valence-corrected chi connectivity index (χ4v) is 3.38. The van der Waals surface area contributed by atoms with Crippen molar-refractivity contribution in [2.75, 3.05) is 0 Å². The smallest absolute Gasteiger partial charge is 0.269 e. The lowest BCUT2D eigenvalue weighted by Gasteiger charge is -2.03. The van der Waals surface area contributed by atoms with E-state index in [2.05, 4.69) is 24.3 Å². The van der Waals surface area contributed by atoms with Crippen molar-refractivity contribution in [3.63, 3.8) is 0 Å². The van der Waals surface area contributed by atoms with Crippen molar-refractivity contribution in [1.82, 2.24) is 24.3 Å². The summed E-state index contributed by atoms with van der Waals surface area (Å²) in [7, 11) is 0. The van der Waals surface area contributed by atoms with E-state index in [1.54, 1.807) is 17.4 Å². The SMILES string of the molecule is O=C(NCc1ccc2nsnc2c1)c1cc(-c2ccsc2)n[nH]1. The summed E-state index contributed by atoms with van der Waals surface area (Å²) in [6.07, 6.45) is 0. The van der Waals surface area contributed by atoms with Crippen LogP contribution in [0.2, 0.25) is 0 Å². The molecule has 8 heteroatoms. The summed E-state index contributed by atoms with van der Waals surface area (Å²) in [5, 5.41) is 13.8. The average molecular weight is 341 g/mol. The zero-order valence-corrected chi connectivity index (χ0v) is 13.4. The largest absolute Gasteiger partial charge is 0.347 e. The summed E-state index contributed by atoms with van der Waals surface area (Å²) in [4.78, 5) is 12.2. The number of hydrogen-bond donors (Lipinski definition) is 2. The van der Waals surface area contributed by atoms with Crippen LogP contribution >= 0.6 is 23.1 Å². The molecule has 2 N–H and O–H groups in total. The van der Waals surface area contributed by atoms with Gasteiger partial charge in [-0.2, -0.15) is 25.2 Å². The summed E-state index contributed by atoms with van der Waals surface area (Å²) in [6.45, 7) is 0.430. The molecule has 0 aliphatic carbocycles. The maximum atomic E-state index is 12.2. The third-order valence-electron chi connectivity index (χ3n) is 3.41. The Morgan fingerprint density at radius 2 is 2.09 bits per heavy atom. The second-order valence-electron chi connectivity index (χ2n) is 4.95. The summed E-state index contributed by atoms with van der Waals surface area (Å²) < 4.78 is 8.36. The molecule has 0 unspecified atom stereocenters. The predicted octanol–water partition coefficient (Wildman–Crippen LogP) is 3.07. The quantitative estimate of drug-likeness (QED) is 0.597. The molecule has 3 heterocycles. The van der Waals surface area contributed by atoms with Gasteiger partial charge in [-0.15, -0.1) is 0 Å². The Morgan fingerprint density at radius 3 is 2.96 bits per heavy atom. The van der Waals surface area contributed by atoms with Crippen molar-refractivity contribution in [2.24, 2.45) is 0 Å². The molecule has 1 aromatic carbocycles. The van der Waals surface area contributed by atoms with E-state index in [1.807, 2.05) is 35.0 Å². The fourth-order valence-electron chi connectivity index (χ4n) is 2.21. The van der Waals surface area contributed by atoms with E-state index in [1.165, 1.54) is 11.7 Å². The van der Waals surface area contributed by atoms with Crippen LogP contribution in [0.4, 0.5) is 0 Å². The van der Waals surface area contributed by atoms with Crippen LogP contribution in [-0.2, 0) is 6.54 Å². The van der Waals surface area contributed by atoms with E-state index >= 15 is 0 Å². The lowest BCUT2D eigenvalue weighted by molar-refractivity contribution is 0.0946. The van der Waals surface area contributed by atoms with Crippen LogP contribution < -0.4 is 5.32 Å². The van der Waals surface area contributed by atoms with Gasteiger partial charge in [0.05, 0.1) is 17.4 Å². The molecule has 114 valence electrons. The first-order valence-electron chi connectivity index (χ1n) is 6.87. The van der Waals surface area contributed by atoms with Gasteiger partial charge < -0.3 is 5.32 Å². The summed E-state index contributed by atoms with van der Waals surface area (Å²) in [6, 6.07) is 9.51. The highest BCUT2D eigenvalue weighted by atomic mass is 32.1. The molecule has 1 amide bonds. The number of hydrogen-bond acceptors (Lipinski definition) is 6. The number of nitrogens with one attached hydrogen (secondary N) is 2. The second-order valence-corrected chi connectivity index (χ2v) is 6.26. The molecule has 4 rings (SSSR count). The first kappa shape index (κ1) is 14.0. The van der Waals surface area contributed by atoms with E-state index in [9.17, 15) is 4.79 Å². The van der Waals surface area contributed by atoms with Crippen molar-refractivity contribution in [2.45, 2.75) is 6.54 Å². The fraction of sp³-hybridized carbons (Fsp3) is 0.0667. The number of aromatic nitrogens is 4. The van der Waals surface area contributed by atoms with Crippen LogP contribution in [0.3, 0.4) is 0 Å². The highest BCUT2D eigenvalue weighted by Gasteiger charge is 2.11. The number of fused-ring (bicyclic) bond motifs is 1. The number of benzene rings is 1. The number of H-pyrrole nitrogens is 1. The van der Waals surface area contributed by atoms with E-state index in [0.29, 0.717) is 12.2 Å². The minimum atomic E-state index is -0.185. The van der Waals surface area contributed by atoms with Crippen LogP contribution in [-0.4, -0.2) is 24.9 Å². The molecule has 0 saturated carbocycles. The molecule has 0 saturated heterocycles. The topological polar surface area (TPSA) is 83.6 Å². The summed E-state index contributed by atoms with van der Waals surface area (Å²) >= 11 is 2.78. The number of carbonyl (C=O) groups is 1. The molecule has 0 spiro atoms. The number of amides is 1. The average Bonchev–Trinajstić information content (AvgIpc) is 3.32. The molecule has 23 heavy (non-hydrogen) atoms. The van der Waals surface area contributed by atoms with E-state index in [4.69, 9.17) is 0 Å². The van der Waals surface area contributed by atoms with E-state index < -0.39 is 0 Å². The summed E-state index contributed by atoms with van der Waals surface area (Å²) in [5.74, 6) is -0.185. The Morgan fingerprint density at radius 1 is 1.17 bits per heavy atom. The maximum absolute atomic E-state index is 12.2. The van der Waals surface area contributed by atoms with E-state index in [0.717, 1.165) is 27.9 Å². The van der Waals surface area contributed by atoms with Gasteiger partial charge in [0, 0.05) is 17.5 Å². The van der Waals surface area contributed by atoms with Crippen molar-refractivity contribution < 1.29 is 4.79 Å². The van der Waals surface area contributed by atoms with Crippen LogP contribution in [0.25, 0.3) is 22.3 Å². The van der Waals surface area contributed by atoms with Gasteiger partial charge in [-0.25, -0.2) is 0 Å². The molecule has 3 aromatic heterocycles. The monoisotopic (exact) mass is 341 g/mol. The van der Waals surface area contributed by atoms with Crippen molar-refractivity contribution in [1.29, 1.82) is 0 Å². The predicted molar refractivity (Wildman–Crippen MR) is 90.5 cm³/mol. The number of nitrogens with zero attached hydrogens (tertiary/aromatic N) is 3. The Kier molecular flexibility index (Phi) is 3.60. The van der Waals surface area contributed by atoms with Gasteiger partial charge in [-0.3, -0.25) is 9.89 Å². The molecule has 6 nitrogen and oxygen atoms in total. The first-order valence-corrected chi connectivity index (χ1v) is 8.54. The Labute approximate surface area is 139 Å². The van der Waals surface area contributed by atoms with Gasteiger partial charge in [0.25, 0.3) is 5.91 Å². The Hall–Kier alpha value is -2.58. The van der Waals surface area contributed by atoms with Crippen LogP contribution in [0.15, 0.2) is 41.1 Å². The third kappa shape index (κ3) is 2.86. The third-order valence-corrected chi connectivity index (χ3v) is 4.65. The van der Waals surface area contributed by atoms with Gasteiger partial charge in [0.15, 0.2) is 0 Å². The first-order chi connectivity index (χ1) is 11.3. The van der Waals surface area contributed by atoms with Crippen molar-refractivity contribution in [3.8, 4) is 11.3 Å². The molecular weight excluding hydrogens is 330 g/mol. The molecule has 0 bridgehead atoms. The van der Waals surface area contributed by atoms with Gasteiger partial charge >= 0.3 is 0 Å².